The van der Waals surface area contributed by atoms with E-state index < -0.39 is 11.1 Å². The zero-order chi connectivity index (χ0) is 15.2. The number of hydrogen-bond acceptors (Lipinski definition) is 4. The van der Waals surface area contributed by atoms with E-state index in [1.54, 1.807) is 27.8 Å². The monoisotopic (exact) mass is 267 g/mol. The minimum Gasteiger partial charge on any atom is -0.504 e. The lowest BCUT2D eigenvalue weighted by atomic mass is 9.74. The van der Waals surface area contributed by atoms with Gasteiger partial charge in [0.15, 0.2) is 11.5 Å². The Kier molecular flexibility index (Phi) is 3.90. The summed E-state index contributed by atoms with van der Waals surface area (Å²) in [5.74, 6) is -0.276. The van der Waals surface area contributed by atoms with Crippen LogP contribution in [0.15, 0.2) is 0 Å². The maximum absolute atomic E-state index is 11.0. The van der Waals surface area contributed by atoms with Crippen LogP contribution in [-0.4, -0.2) is 27.9 Å². The number of phenolic OH excluding ortho intramolecular Hbond substituents is 2. The molecule has 0 fully saturated rings. The van der Waals surface area contributed by atoms with Gasteiger partial charge in [-0.15, -0.1) is 0 Å². The second-order valence-corrected chi connectivity index (χ2v) is 5.89. The fourth-order valence-corrected chi connectivity index (χ4v) is 2.41. The van der Waals surface area contributed by atoms with Crippen LogP contribution >= 0.6 is 0 Å². The molecule has 0 amide bonds. The van der Waals surface area contributed by atoms with Crippen molar-refractivity contribution in [3.8, 4) is 11.5 Å². The Morgan fingerprint density at radius 1 is 0.842 bits per heavy atom. The number of benzene rings is 1. The highest BCUT2D eigenvalue weighted by Crippen LogP contribution is 2.44. The van der Waals surface area contributed by atoms with E-state index in [9.17, 15) is 15.3 Å². The van der Waals surface area contributed by atoms with Crippen LogP contribution in [0.4, 0.5) is 0 Å². The fraction of sp³-hybridized carbons (Fsp3) is 0.600. The summed E-state index contributed by atoms with van der Waals surface area (Å²) in [6, 6.07) is 0. The van der Waals surface area contributed by atoms with Gasteiger partial charge in [0.1, 0.15) is 5.60 Å². The molecule has 1 aromatic rings. The second-order valence-electron chi connectivity index (χ2n) is 5.89. The van der Waals surface area contributed by atoms with Crippen molar-refractivity contribution in [3.05, 3.63) is 22.3 Å². The Morgan fingerprint density at radius 2 is 1.26 bits per heavy atom. The van der Waals surface area contributed by atoms with Gasteiger partial charge in [0.2, 0.25) is 0 Å². The third kappa shape index (κ3) is 2.19. The SMILES string of the molecule is CNC(C)(C)C(C)(O)c1c(C)c(C)c(O)c(O)c1C. The molecule has 0 aromatic heterocycles. The van der Waals surface area contributed by atoms with E-state index in [4.69, 9.17) is 0 Å². The molecule has 19 heavy (non-hydrogen) atoms. The average Bonchev–Trinajstić information content (AvgIpc) is 2.33. The molecular weight excluding hydrogens is 242 g/mol. The van der Waals surface area contributed by atoms with E-state index in [1.807, 2.05) is 20.8 Å². The molecule has 1 rings (SSSR count). The lowest BCUT2D eigenvalue weighted by molar-refractivity contribution is -0.0247. The van der Waals surface area contributed by atoms with Gasteiger partial charge in [-0.2, -0.15) is 0 Å². The minimum absolute atomic E-state index is 0.114. The summed E-state index contributed by atoms with van der Waals surface area (Å²) in [5.41, 5.74) is 0.768. The van der Waals surface area contributed by atoms with Gasteiger partial charge >= 0.3 is 0 Å². The van der Waals surface area contributed by atoms with Crippen molar-refractivity contribution in [2.45, 2.75) is 52.7 Å². The van der Waals surface area contributed by atoms with Crippen LogP contribution in [0.3, 0.4) is 0 Å². The summed E-state index contributed by atoms with van der Waals surface area (Å²) in [5, 5.41) is 33.9. The van der Waals surface area contributed by atoms with Crippen LogP contribution < -0.4 is 5.32 Å². The molecule has 0 aliphatic carbocycles. The quantitative estimate of drug-likeness (QED) is 0.634. The van der Waals surface area contributed by atoms with E-state index in [2.05, 4.69) is 5.32 Å². The van der Waals surface area contributed by atoms with Gasteiger partial charge in [-0.05, 0) is 65.3 Å². The molecule has 4 nitrogen and oxygen atoms in total. The van der Waals surface area contributed by atoms with E-state index in [0.29, 0.717) is 16.7 Å². The normalized spacial score (nSPS) is 15.4. The standard InChI is InChI=1S/C15H25NO3/c1-8-9(2)12(17)13(18)10(3)11(8)15(6,19)14(4,5)16-7/h16-19H,1-7H3. The first kappa shape index (κ1) is 15.8. The largest absolute Gasteiger partial charge is 0.504 e. The Balaban J connectivity index is 3.70. The summed E-state index contributed by atoms with van der Waals surface area (Å²) in [7, 11) is 1.78. The van der Waals surface area contributed by atoms with Crippen molar-refractivity contribution >= 4 is 0 Å². The van der Waals surface area contributed by atoms with Gasteiger partial charge in [-0.3, -0.25) is 0 Å². The highest BCUT2D eigenvalue weighted by molar-refractivity contribution is 5.59. The van der Waals surface area contributed by atoms with Crippen molar-refractivity contribution in [2.24, 2.45) is 0 Å². The molecule has 1 aromatic carbocycles. The number of aromatic hydroxyl groups is 2. The average molecular weight is 267 g/mol. The molecule has 1 unspecified atom stereocenters. The Bertz CT molecular complexity index is 476. The first-order chi connectivity index (χ1) is 8.49. The van der Waals surface area contributed by atoms with Gasteiger partial charge in [0.25, 0.3) is 0 Å². The predicted molar refractivity (Wildman–Crippen MR) is 76.7 cm³/mol. The van der Waals surface area contributed by atoms with Gasteiger partial charge < -0.3 is 20.6 Å². The number of phenols is 2. The Morgan fingerprint density at radius 3 is 1.68 bits per heavy atom. The highest BCUT2D eigenvalue weighted by Gasteiger charge is 2.42. The first-order valence-corrected chi connectivity index (χ1v) is 6.42. The lowest BCUT2D eigenvalue weighted by Crippen LogP contribution is -2.54. The summed E-state index contributed by atoms with van der Waals surface area (Å²) in [6.45, 7) is 10.8. The molecule has 0 saturated heterocycles. The molecule has 4 heteroatoms. The van der Waals surface area contributed by atoms with Crippen molar-refractivity contribution in [3.63, 3.8) is 0 Å². The summed E-state index contributed by atoms with van der Waals surface area (Å²) in [4.78, 5) is 0. The van der Waals surface area contributed by atoms with Gasteiger partial charge in [0, 0.05) is 11.1 Å². The molecule has 0 bridgehead atoms. The van der Waals surface area contributed by atoms with Gasteiger partial charge in [-0.1, -0.05) is 0 Å². The van der Waals surface area contributed by atoms with Crippen LogP contribution in [0.5, 0.6) is 11.5 Å². The Hall–Kier alpha value is -1.26. The van der Waals surface area contributed by atoms with Crippen LogP contribution in [0, 0.1) is 20.8 Å². The molecule has 0 aliphatic rings. The highest BCUT2D eigenvalue weighted by atomic mass is 16.3. The van der Waals surface area contributed by atoms with E-state index >= 15 is 0 Å². The van der Waals surface area contributed by atoms with Crippen molar-refractivity contribution < 1.29 is 15.3 Å². The molecule has 0 spiro atoms. The van der Waals surface area contributed by atoms with E-state index in [1.165, 1.54) is 0 Å². The fourth-order valence-electron chi connectivity index (χ4n) is 2.41. The van der Waals surface area contributed by atoms with Crippen LogP contribution in [0.1, 0.15) is 43.0 Å². The topological polar surface area (TPSA) is 72.7 Å². The van der Waals surface area contributed by atoms with E-state index in [0.717, 1.165) is 5.56 Å². The maximum Gasteiger partial charge on any atom is 0.161 e. The van der Waals surface area contributed by atoms with Crippen molar-refractivity contribution in [1.29, 1.82) is 0 Å². The molecule has 0 radical (unpaired) electrons. The molecule has 0 saturated carbocycles. The summed E-state index contributed by atoms with van der Waals surface area (Å²) in [6.07, 6.45) is 0. The third-order valence-electron chi connectivity index (χ3n) is 4.58. The zero-order valence-corrected chi connectivity index (χ0v) is 12.8. The number of nitrogens with one attached hydrogen (secondary N) is 1. The third-order valence-corrected chi connectivity index (χ3v) is 4.58. The number of hydrogen-bond donors (Lipinski definition) is 4. The van der Waals surface area contributed by atoms with Crippen molar-refractivity contribution in [2.75, 3.05) is 7.05 Å². The van der Waals surface area contributed by atoms with Gasteiger partial charge in [0.05, 0.1) is 0 Å². The number of likely N-dealkylation sites (N-methyl/N-ethyl adjacent to an activating group) is 1. The molecular formula is C15H25NO3. The predicted octanol–water partition coefficient (Wildman–Crippen LogP) is 2.23. The van der Waals surface area contributed by atoms with Crippen LogP contribution in [0.2, 0.25) is 0 Å². The molecule has 4 N–H and O–H groups in total. The van der Waals surface area contributed by atoms with Crippen LogP contribution in [-0.2, 0) is 5.60 Å². The smallest absolute Gasteiger partial charge is 0.161 e. The van der Waals surface area contributed by atoms with E-state index in [-0.39, 0.29) is 11.5 Å². The second kappa shape index (κ2) is 4.69. The zero-order valence-electron chi connectivity index (χ0n) is 12.8. The molecule has 1 atom stereocenters. The molecule has 0 aliphatic heterocycles. The number of aliphatic hydroxyl groups is 1. The van der Waals surface area contributed by atoms with Crippen molar-refractivity contribution in [1.82, 2.24) is 5.32 Å². The summed E-state index contributed by atoms with van der Waals surface area (Å²) >= 11 is 0. The lowest BCUT2D eigenvalue weighted by Gasteiger charge is -2.42. The molecule has 108 valence electrons. The molecule has 0 heterocycles. The Labute approximate surface area is 115 Å². The maximum atomic E-state index is 11.0. The minimum atomic E-state index is -1.19. The van der Waals surface area contributed by atoms with Crippen LogP contribution in [0.25, 0.3) is 0 Å². The first-order valence-electron chi connectivity index (χ1n) is 6.42. The number of rotatable bonds is 3. The van der Waals surface area contributed by atoms with Gasteiger partial charge in [-0.25, -0.2) is 0 Å². The summed E-state index contributed by atoms with van der Waals surface area (Å²) < 4.78 is 0.